The molecule has 1 atom stereocenters. The minimum Gasteiger partial charge on any atom is -0.304 e. The van der Waals surface area contributed by atoms with Crippen LogP contribution in [0.15, 0.2) is 53.5 Å². The Morgan fingerprint density at radius 3 is 2.68 bits per heavy atom. The number of benzene rings is 2. The van der Waals surface area contributed by atoms with E-state index < -0.39 is 0 Å². The van der Waals surface area contributed by atoms with E-state index in [-0.39, 0.29) is 11.2 Å². The minimum atomic E-state index is -0.166. The summed E-state index contributed by atoms with van der Waals surface area (Å²) in [5.41, 5.74) is 3.25. The van der Waals surface area contributed by atoms with Crippen LogP contribution in [-0.2, 0) is 17.6 Å². The van der Waals surface area contributed by atoms with Crippen LogP contribution in [-0.4, -0.2) is 16.3 Å². The smallest absolute Gasteiger partial charge is 0.239 e. The number of hydrogen-bond donors (Lipinski definition) is 1. The lowest BCUT2D eigenvalue weighted by Crippen LogP contribution is -2.25. The number of amidine groups is 1. The third-order valence-electron chi connectivity index (χ3n) is 4.07. The number of rotatable bonds is 6. The van der Waals surface area contributed by atoms with Gasteiger partial charge in [0, 0.05) is 5.02 Å². The Morgan fingerprint density at radius 2 is 1.96 bits per heavy atom. The highest BCUT2D eigenvalue weighted by Crippen LogP contribution is 2.26. The monoisotopic (exact) mass is 372 g/mol. The maximum atomic E-state index is 12.2. The summed E-state index contributed by atoms with van der Waals surface area (Å²) in [4.78, 5) is 16.8. The Kier molecular flexibility index (Phi) is 6.16. The Labute approximate surface area is 157 Å². The van der Waals surface area contributed by atoms with Gasteiger partial charge in [-0.3, -0.25) is 4.79 Å². The molecule has 3 nitrogen and oxygen atoms in total. The molecule has 0 bridgehead atoms. The highest BCUT2D eigenvalue weighted by atomic mass is 35.5. The summed E-state index contributed by atoms with van der Waals surface area (Å²) in [7, 11) is 0. The fraction of sp³-hybridized carbons (Fsp3) is 0.300. The van der Waals surface area contributed by atoms with Gasteiger partial charge in [0.1, 0.15) is 0 Å². The van der Waals surface area contributed by atoms with Gasteiger partial charge < -0.3 is 5.32 Å². The normalized spacial score (nSPS) is 18.6. The van der Waals surface area contributed by atoms with Crippen LogP contribution in [0.1, 0.15) is 30.9 Å². The molecule has 3 rings (SSSR count). The van der Waals surface area contributed by atoms with Crippen molar-refractivity contribution in [2.24, 2.45) is 4.99 Å². The van der Waals surface area contributed by atoms with E-state index in [1.54, 1.807) is 0 Å². The number of carbonyl (C=O) groups excluding carboxylic acids is 1. The van der Waals surface area contributed by atoms with Crippen LogP contribution in [0, 0.1) is 0 Å². The number of aryl methyl sites for hydroxylation is 1. The topological polar surface area (TPSA) is 41.5 Å². The van der Waals surface area contributed by atoms with Gasteiger partial charge in [-0.1, -0.05) is 61.0 Å². The van der Waals surface area contributed by atoms with Gasteiger partial charge in [0.2, 0.25) is 5.91 Å². The molecular weight excluding hydrogens is 352 g/mol. The molecule has 0 unspecified atom stereocenters. The van der Waals surface area contributed by atoms with Gasteiger partial charge in [-0.2, -0.15) is 0 Å². The second kappa shape index (κ2) is 8.54. The molecule has 1 aliphatic rings. The molecule has 2 aromatic rings. The first-order valence-electron chi connectivity index (χ1n) is 8.53. The van der Waals surface area contributed by atoms with Crippen molar-refractivity contribution in [3.05, 3.63) is 64.7 Å². The molecule has 1 N–H and O–H groups in total. The zero-order valence-electron chi connectivity index (χ0n) is 14.2. The van der Waals surface area contributed by atoms with Crippen molar-refractivity contribution >= 4 is 40.1 Å². The molecule has 0 aromatic heterocycles. The second-order valence-electron chi connectivity index (χ2n) is 6.12. The Hall–Kier alpha value is -1.78. The molecule has 1 heterocycles. The third kappa shape index (κ3) is 5.10. The first kappa shape index (κ1) is 18.0. The zero-order valence-corrected chi connectivity index (χ0v) is 15.7. The van der Waals surface area contributed by atoms with Crippen LogP contribution in [0.5, 0.6) is 0 Å². The lowest BCUT2D eigenvalue weighted by molar-refractivity contribution is -0.118. The van der Waals surface area contributed by atoms with Gasteiger partial charge in [-0.15, -0.1) is 0 Å². The van der Waals surface area contributed by atoms with Crippen molar-refractivity contribution in [3.63, 3.8) is 0 Å². The Bertz CT molecular complexity index is 774. The molecule has 1 fully saturated rings. The van der Waals surface area contributed by atoms with Crippen LogP contribution in [0.4, 0.5) is 5.69 Å². The van der Waals surface area contributed by atoms with E-state index in [1.807, 2.05) is 36.4 Å². The fourth-order valence-corrected chi connectivity index (χ4v) is 3.95. The number of carbonyl (C=O) groups is 1. The molecule has 130 valence electrons. The number of nitrogens with one attached hydrogen (secondary N) is 1. The number of hydrogen-bond acceptors (Lipinski definition) is 3. The third-order valence-corrected chi connectivity index (χ3v) is 5.39. The van der Waals surface area contributed by atoms with Crippen molar-refractivity contribution in [2.45, 2.75) is 37.9 Å². The Balaban J connectivity index is 1.64. The van der Waals surface area contributed by atoms with Gasteiger partial charge >= 0.3 is 0 Å². The molecule has 25 heavy (non-hydrogen) atoms. The largest absolute Gasteiger partial charge is 0.304 e. The highest BCUT2D eigenvalue weighted by Gasteiger charge is 2.30. The number of nitrogens with zero attached hydrogens (tertiary/aromatic N) is 1. The van der Waals surface area contributed by atoms with E-state index >= 15 is 0 Å². The molecule has 0 saturated carbocycles. The van der Waals surface area contributed by atoms with Crippen molar-refractivity contribution in [3.8, 4) is 0 Å². The van der Waals surface area contributed by atoms with E-state index in [1.165, 1.54) is 30.2 Å². The molecular formula is C20H21ClN2OS. The average Bonchev–Trinajstić information content (AvgIpc) is 2.93. The molecule has 2 aromatic carbocycles. The van der Waals surface area contributed by atoms with Gasteiger partial charge in [-0.25, -0.2) is 4.99 Å². The fourth-order valence-electron chi connectivity index (χ4n) is 2.71. The molecule has 0 radical (unpaired) electrons. The Morgan fingerprint density at radius 1 is 1.16 bits per heavy atom. The molecule has 1 amide bonds. The summed E-state index contributed by atoms with van der Waals surface area (Å²) in [6, 6.07) is 15.9. The van der Waals surface area contributed by atoms with Crippen LogP contribution >= 0.6 is 23.4 Å². The van der Waals surface area contributed by atoms with Gasteiger partial charge in [-0.05, 0) is 54.7 Å². The van der Waals surface area contributed by atoms with E-state index in [9.17, 15) is 4.79 Å². The SMILES string of the molecule is CCCCc1ccc(N=C2NC(=O)[C@@H](Cc3cccc(Cl)c3)S2)cc1. The van der Waals surface area contributed by atoms with Crippen LogP contribution < -0.4 is 5.32 Å². The van der Waals surface area contributed by atoms with Gasteiger partial charge in [0.15, 0.2) is 5.17 Å². The van der Waals surface area contributed by atoms with E-state index in [4.69, 9.17) is 11.6 Å². The maximum Gasteiger partial charge on any atom is 0.239 e. The van der Waals surface area contributed by atoms with Crippen LogP contribution in [0.3, 0.4) is 0 Å². The van der Waals surface area contributed by atoms with E-state index in [0.717, 1.165) is 17.7 Å². The number of amides is 1. The first-order valence-corrected chi connectivity index (χ1v) is 9.79. The number of halogens is 1. The zero-order chi connectivity index (χ0) is 17.6. The average molecular weight is 373 g/mol. The van der Waals surface area contributed by atoms with Crippen molar-refractivity contribution in [1.29, 1.82) is 0 Å². The van der Waals surface area contributed by atoms with E-state index in [0.29, 0.717) is 16.6 Å². The lowest BCUT2D eigenvalue weighted by atomic mass is 10.1. The summed E-state index contributed by atoms with van der Waals surface area (Å²) in [6.07, 6.45) is 4.14. The summed E-state index contributed by atoms with van der Waals surface area (Å²) in [5.74, 6) is 0.00305. The molecule has 1 aliphatic heterocycles. The van der Waals surface area contributed by atoms with Crippen molar-refractivity contribution in [1.82, 2.24) is 5.32 Å². The second-order valence-corrected chi connectivity index (χ2v) is 7.74. The van der Waals surface area contributed by atoms with E-state index in [2.05, 4.69) is 29.4 Å². The summed E-state index contributed by atoms with van der Waals surface area (Å²) >= 11 is 7.49. The van der Waals surface area contributed by atoms with Gasteiger partial charge in [0.25, 0.3) is 0 Å². The number of unbranched alkanes of at least 4 members (excludes halogenated alkanes) is 1. The lowest BCUT2D eigenvalue weighted by Gasteiger charge is -2.05. The quantitative estimate of drug-likeness (QED) is 0.762. The summed E-state index contributed by atoms with van der Waals surface area (Å²) in [6.45, 7) is 2.19. The summed E-state index contributed by atoms with van der Waals surface area (Å²) < 4.78 is 0. The van der Waals surface area contributed by atoms with Crippen molar-refractivity contribution < 1.29 is 4.79 Å². The molecule has 0 aliphatic carbocycles. The van der Waals surface area contributed by atoms with Crippen LogP contribution in [0.25, 0.3) is 0 Å². The predicted molar refractivity (Wildman–Crippen MR) is 107 cm³/mol. The van der Waals surface area contributed by atoms with Crippen LogP contribution in [0.2, 0.25) is 5.02 Å². The number of thioether (sulfide) groups is 1. The maximum absolute atomic E-state index is 12.2. The first-order chi connectivity index (χ1) is 12.1. The van der Waals surface area contributed by atoms with Crippen molar-refractivity contribution in [2.75, 3.05) is 0 Å². The van der Waals surface area contributed by atoms with Gasteiger partial charge in [0.05, 0.1) is 10.9 Å². The number of aliphatic imine (C=N–C) groups is 1. The summed E-state index contributed by atoms with van der Waals surface area (Å²) in [5, 5.41) is 4.07. The molecule has 0 spiro atoms. The molecule has 5 heteroatoms. The molecule has 1 saturated heterocycles. The predicted octanol–water partition coefficient (Wildman–Crippen LogP) is 5.14. The minimum absolute atomic E-state index is 0.00305. The standard InChI is InChI=1S/C20H21ClN2OS/c1-2-3-5-14-8-10-17(11-9-14)22-20-23-19(24)18(25-20)13-15-6-4-7-16(21)12-15/h4,6-12,18H,2-3,5,13H2,1H3,(H,22,23,24)/t18-/m1/s1. The highest BCUT2D eigenvalue weighted by molar-refractivity contribution is 8.15.